The number of aliphatic hydroxyl groups excluding tert-OH is 1. The minimum Gasteiger partial charge on any atom is -0.444 e. The number of hydrogen-bond donors (Lipinski definition) is 2. The minimum absolute atomic E-state index is 0.199. The van der Waals surface area contributed by atoms with E-state index < -0.39 is 16.8 Å². The Morgan fingerprint density at radius 1 is 0.505 bits per heavy atom. The lowest BCUT2D eigenvalue weighted by molar-refractivity contribution is 0.00578. The normalized spacial score (nSPS) is 16.9. The number of carbonyl (C=O) groups is 3. The highest BCUT2D eigenvalue weighted by molar-refractivity contribution is 9.10. The lowest BCUT2D eigenvalue weighted by Crippen LogP contribution is -2.41. The van der Waals surface area contributed by atoms with Crippen molar-refractivity contribution in [1.82, 2.24) is 40.0 Å². The van der Waals surface area contributed by atoms with Crippen LogP contribution in [0.15, 0.2) is 169 Å². The van der Waals surface area contributed by atoms with Gasteiger partial charge in [0.2, 0.25) is 0 Å². The van der Waals surface area contributed by atoms with Gasteiger partial charge in [-0.2, -0.15) is 0 Å². The van der Waals surface area contributed by atoms with Crippen molar-refractivity contribution in [3.05, 3.63) is 185 Å². The number of likely N-dealkylation sites (tertiary alicyclic amines) is 1. The fourth-order valence-corrected chi connectivity index (χ4v) is 12.6. The molecule has 2 N–H and O–H groups in total. The summed E-state index contributed by atoms with van der Waals surface area (Å²) in [6, 6.07) is 33.6. The van der Waals surface area contributed by atoms with Crippen molar-refractivity contribution in [2.45, 2.75) is 182 Å². The number of nitrogens with zero attached hydrogens (tertiary/aromatic N) is 7. The van der Waals surface area contributed by atoms with Gasteiger partial charge in [0.15, 0.2) is 0 Å². The Balaban J connectivity index is 0.000000175. The highest BCUT2D eigenvalue weighted by atomic mass is 79.9. The first-order chi connectivity index (χ1) is 47.1. The maximum atomic E-state index is 12.2. The molecule has 0 spiro atoms. The van der Waals surface area contributed by atoms with Crippen molar-refractivity contribution in [2.24, 2.45) is 0 Å². The number of halogens is 1. The van der Waals surface area contributed by atoms with Gasteiger partial charge < -0.3 is 48.6 Å². The zero-order valence-corrected chi connectivity index (χ0v) is 63.0. The number of carbonyl (C=O) groups excluding carboxylic acids is 3. The lowest BCUT2D eigenvalue weighted by Gasteiger charge is -2.34. The molecule has 0 bridgehead atoms. The highest BCUT2D eigenvalue weighted by Crippen LogP contribution is 2.40. The number of ether oxygens (including phenoxy) is 3. The molecule has 8 aromatic rings. The second-order valence-corrected chi connectivity index (χ2v) is 29.7. The second kappa shape index (κ2) is 36.0. The third-order valence-corrected chi connectivity index (χ3v) is 18.5. The summed E-state index contributed by atoms with van der Waals surface area (Å²) in [4.78, 5) is 58.4. The monoisotopic (exact) mass is 1410 g/mol. The molecule has 13 rings (SSSR count). The van der Waals surface area contributed by atoms with Crippen molar-refractivity contribution in [3.8, 4) is 0 Å². The molecule has 0 radical (unpaired) electrons. The van der Waals surface area contributed by atoms with Crippen LogP contribution in [0.5, 0.6) is 0 Å². The van der Waals surface area contributed by atoms with Crippen molar-refractivity contribution in [3.63, 3.8) is 0 Å². The van der Waals surface area contributed by atoms with Crippen LogP contribution in [0.25, 0.3) is 48.7 Å². The third-order valence-electron chi connectivity index (χ3n) is 17.8. The molecule has 0 saturated carbocycles. The third kappa shape index (κ3) is 22.6. The van der Waals surface area contributed by atoms with Crippen molar-refractivity contribution < 1.29 is 43.0 Å². The minimum atomic E-state index is -0.465. The van der Waals surface area contributed by atoms with Crippen molar-refractivity contribution in [2.75, 3.05) is 59.5 Å². The first-order valence-electron chi connectivity index (χ1n) is 34.9. The van der Waals surface area contributed by atoms with E-state index in [2.05, 4.69) is 120 Å². The quantitative estimate of drug-likeness (QED) is 0.125. The molecular formula is C80H106BBrN8O9. The summed E-state index contributed by atoms with van der Waals surface area (Å²) in [5.74, 6) is 1.18. The van der Waals surface area contributed by atoms with Crippen molar-refractivity contribution >= 4 is 90.0 Å². The molecular weight excluding hydrogens is 1310 g/mol. The summed E-state index contributed by atoms with van der Waals surface area (Å²) in [5.41, 5.74) is 4.39. The van der Waals surface area contributed by atoms with Crippen LogP contribution >= 0.6 is 15.9 Å². The first kappa shape index (κ1) is 78.5. The Kier molecular flexibility index (Phi) is 28.6. The van der Waals surface area contributed by atoms with Gasteiger partial charge in [-0.3, -0.25) is 19.9 Å². The van der Waals surface area contributed by atoms with Gasteiger partial charge in [0.1, 0.15) is 16.8 Å². The number of piperidine rings is 2. The van der Waals surface area contributed by atoms with Gasteiger partial charge >= 0.3 is 25.4 Å². The van der Waals surface area contributed by atoms with E-state index in [1.165, 1.54) is 67.4 Å². The SMILES string of the molecule is Brc1cccc2ccncc12.CC.CC(C)(C)OC(=O)N1CC=C(B2OC(C)(C)C(C)(C)O2)CC1.CC(C)(C)OC(=O)N1CC=C(c2cccc3ccncc23)CC1.CC(C)(C)OC(=O)N1CCC(c2cccc3ccncc23)CC1.CO.c1cc(C2CCNCC2)c2cnccc2c1. The van der Waals surface area contributed by atoms with Gasteiger partial charge in [-0.1, -0.05) is 109 Å². The van der Waals surface area contributed by atoms with Gasteiger partial charge in [-0.05, 0) is 233 Å². The molecule has 4 aromatic heterocycles. The Hall–Kier alpha value is -7.81. The topological polar surface area (TPSA) is 191 Å². The maximum absolute atomic E-state index is 12.2. The number of amides is 3. The molecule has 3 saturated heterocycles. The molecule has 0 unspecified atom stereocenters. The lowest BCUT2D eigenvalue weighted by atomic mass is 9.75. The van der Waals surface area contributed by atoms with Gasteiger partial charge in [-0.15, -0.1) is 0 Å². The van der Waals surface area contributed by atoms with Crippen LogP contribution in [-0.2, 0) is 23.5 Å². The molecule has 3 fully saturated rings. The number of benzene rings is 4. The van der Waals surface area contributed by atoms with E-state index in [1.54, 1.807) is 16.0 Å². The van der Waals surface area contributed by atoms with Crippen LogP contribution in [0, 0.1) is 0 Å². The predicted molar refractivity (Wildman–Crippen MR) is 406 cm³/mol. The summed E-state index contributed by atoms with van der Waals surface area (Å²) >= 11 is 3.46. The molecule has 9 heterocycles. The molecule has 0 atom stereocenters. The molecule has 17 nitrogen and oxygen atoms in total. The van der Waals surface area contributed by atoms with Gasteiger partial charge in [0.25, 0.3) is 0 Å². The Morgan fingerprint density at radius 3 is 1.31 bits per heavy atom. The summed E-state index contributed by atoms with van der Waals surface area (Å²) in [7, 11) is 0.686. The van der Waals surface area contributed by atoms with E-state index >= 15 is 0 Å². The standard InChI is InChI=1S/C19H24N2O2.C19H22N2O2.C16H28BNO4.C14H16N2.C9H6BrN.C2H6.CH4O/c2*1-19(2,3)23-18(22)21-11-8-15(9-12-21)16-6-4-5-14-7-10-20-13-17(14)16;1-14(2,3)20-13(19)18-10-8-12(9-11-18)17-21-15(4,5)16(6,7)22-17;1-2-11-6-9-16-10-14(11)13(3-1)12-4-7-15-8-5-12;10-9-3-1-2-7-4-5-11-6-8(7)9;2*1-2/h4-7,10,13,15H,8-9,11-12H2,1-3H3;4-8,10,13H,9,11-12H2,1-3H3;8H,9-11H2,1-7H3;1-3,6,9-10,12,15H,4-5,7-8H2;1-6H;1-2H3;2H,1H3. The van der Waals surface area contributed by atoms with E-state index in [-0.39, 0.29) is 36.6 Å². The van der Waals surface area contributed by atoms with E-state index in [1.807, 2.05) is 182 Å². The van der Waals surface area contributed by atoms with Crippen molar-refractivity contribution in [1.29, 1.82) is 0 Å². The molecule has 0 aliphatic carbocycles. The Morgan fingerprint density at radius 2 is 0.889 bits per heavy atom. The van der Waals surface area contributed by atoms with E-state index in [4.69, 9.17) is 28.6 Å². The van der Waals surface area contributed by atoms with E-state index in [0.29, 0.717) is 38.0 Å². The van der Waals surface area contributed by atoms with Gasteiger partial charge in [-0.25, -0.2) is 14.4 Å². The average molecular weight is 1410 g/mol. The van der Waals surface area contributed by atoms with Crippen LogP contribution in [0.3, 0.4) is 0 Å². The van der Waals surface area contributed by atoms with E-state index in [0.717, 1.165) is 79.7 Å². The maximum Gasteiger partial charge on any atom is 0.490 e. The number of pyridine rings is 4. The largest absolute Gasteiger partial charge is 0.490 e. The number of hydrogen-bond acceptors (Lipinski definition) is 14. The predicted octanol–water partition coefficient (Wildman–Crippen LogP) is 18.1. The van der Waals surface area contributed by atoms with Gasteiger partial charge in [0, 0.05) is 122 Å². The molecule has 5 aliphatic heterocycles. The molecule has 19 heteroatoms. The summed E-state index contributed by atoms with van der Waals surface area (Å²) in [6.45, 7) is 35.4. The molecule has 5 aliphatic rings. The Labute approximate surface area is 596 Å². The summed E-state index contributed by atoms with van der Waals surface area (Å²) in [5, 5.41) is 20.2. The Bertz CT molecular complexity index is 3960. The average Bonchev–Trinajstić information content (AvgIpc) is 1.65. The molecule has 4 aromatic carbocycles. The number of rotatable bonds is 4. The zero-order valence-electron chi connectivity index (χ0n) is 61.4. The van der Waals surface area contributed by atoms with Crippen LogP contribution in [0.1, 0.15) is 171 Å². The van der Waals surface area contributed by atoms with Crippen LogP contribution in [-0.4, -0.2) is 153 Å². The first-order valence-corrected chi connectivity index (χ1v) is 35.7. The fraction of sp³-hybridized carbons (Fsp3) is 0.463. The second-order valence-electron chi connectivity index (χ2n) is 28.8. The summed E-state index contributed by atoms with van der Waals surface area (Å²) < 4.78 is 29.5. The summed E-state index contributed by atoms with van der Waals surface area (Å²) in [6.07, 6.45) is 24.5. The fourth-order valence-electron chi connectivity index (χ4n) is 12.1. The number of nitrogens with one attached hydrogen (secondary N) is 1. The zero-order chi connectivity index (χ0) is 72.1. The number of fused-ring (bicyclic) bond motifs is 4. The highest BCUT2D eigenvalue weighted by Gasteiger charge is 2.52. The van der Waals surface area contributed by atoms with Crippen LogP contribution < -0.4 is 5.32 Å². The number of aromatic nitrogens is 4. The molecule has 530 valence electrons. The number of aliphatic hydroxyl groups is 1. The van der Waals surface area contributed by atoms with Crippen LogP contribution in [0.2, 0.25) is 0 Å². The smallest absolute Gasteiger partial charge is 0.444 e. The molecule has 3 amide bonds. The molecule has 99 heavy (non-hydrogen) atoms. The van der Waals surface area contributed by atoms with Gasteiger partial charge in [0.05, 0.1) is 11.2 Å². The van der Waals surface area contributed by atoms with E-state index in [9.17, 15) is 14.4 Å². The van der Waals surface area contributed by atoms with Crippen LogP contribution in [0.4, 0.5) is 14.4 Å².